The van der Waals surface area contributed by atoms with E-state index in [2.05, 4.69) is 10.1 Å². The predicted molar refractivity (Wildman–Crippen MR) is 93.4 cm³/mol. The number of hydrogen-bond acceptors (Lipinski definition) is 4. The van der Waals surface area contributed by atoms with Gasteiger partial charge in [-0.15, -0.1) is 0 Å². The molecule has 2 aromatic carbocycles. The van der Waals surface area contributed by atoms with E-state index in [9.17, 15) is 28.1 Å². The van der Waals surface area contributed by atoms with Gasteiger partial charge in [-0.3, -0.25) is 14.9 Å². The zero-order valence-corrected chi connectivity index (χ0v) is 14.0. The highest BCUT2D eigenvalue weighted by molar-refractivity contribution is 6.05. The molecule has 10 heteroatoms. The minimum Gasteiger partial charge on any atom is -0.433 e. The van der Waals surface area contributed by atoms with Crippen LogP contribution in [0.15, 0.2) is 60.9 Å². The van der Waals surface area contributed by atoms with Crippen LogP contribution in [-0.2, 0) is 0 Å². The number of rotatable bonds is 6. The first-order valence-electron chi connectivity index (χ1n) is 7.82. The summed E-state index contributed by atoms with van der Waals surface area (Å²) in [6.45, 7) is -3.20. The molecule has 0 fully saturated rings. The van der Waals surface area contributed by atoms with E-state index in [-0.39, 0.29) is 16.9 Å². The van der Waals surface area contributed by atoms with E-state index in [1.54, 1.807) is 24.5 Å². The lowest BCUT2D eigenvalue weighted by molar-refractivity contribution is -0.384. The number of nitro groups is 1. The Morgan fingerprint density at radius 3 is 2.46 bits per heavy atom. The van der Waals surface area contributed by atoms with Crippen molar-refractivity contribution in [1.29, 1.82) is 0 Å². The number of nitro benzene ring substituents is 1. The number of amides is 1. The Morgan fingerprint density at radius 1 is 1.14 bits per heavy atom. The summed E-state index contributed by atoms with van der Waals surface area (Å²) in [6, 6.07) is 9.84. The van der Waals surface area contributed by atoms with Gasteiger partial charge in [-0.2, -0.15) is 8.78 Å². The van der Waals surface area contributed by atoms with Crippen LogP contribution in [0.3, 0.4) is 0 Å². The normalized spacial score (nSPS) is 10.7. The van der Waals surface area contributed by atoms with Crippen LogP contribution >= 0.6 is 0 Å². The molecule has 0 spiro atoms. The van der Waals surface area contributed by atoms with Crippen molar-refractivity contribution in [2.45, 2.75) is 6.61 Å². The molecule has 0 saturated heterocycles. The van der Waals surface area contributed by atoms with Gasteiger partial charge in [-0.1, -0.05) is 0 Å². The lowest BCUT2D eigenvalue weighted by Crippen LogP contribution is -2.14. The predicted octanol–water partition coefficient (Wildman–Crippen LogP) is 4.38. The van der Waals surface area contributed by atoms with E-state index in [1.807, 2.05) is 0 Å². The number of ether oxygens (including phenoxy) is 1. The number of carbonyl (C=O) groups excluding carboxylic acids is 1. The topological polar surface area (TPSA) is 86.4 Å². The quantitative estimate of drug-likeness (QED) is 0.499. The number of alkyl halides is 2. The van der Waals surface area contributed by atoms with Gasteiger partial charge in [-0.25, -0.2) is 4.39 Å². The fourth-order valence-corrected chi connectivity index (χ4v) is 2.48. The van der Waals surface area contributed by atoms with Gasteiger partial charge >= 0.3 is 6.61 Å². The Kier molecular flexibility index (Phi) is 5.30. The summed E-state index contributed by atoms with van der Waals surface area (Å²) in [6.07, 6.45) is 3.24. The maximum atomic E-state index is 14.3. The van der Waals surface area contributed by atoms with Crippen molar-refractivity contribution >= 4 is 17.3 Å². The Balaban J connectivity index is 1.89. The lowest BCUT2D eigenvalue weighted by atomic mass is 10.1. The minimum absolute atomic E-state index is 0.108. The summed E-state index contributed by atoms with van der Waals surface area (Å²) in [5.74, 6) is -2.00. The molecule has 1 heterocycles. The number of nitrogens with one attached hydrogen (secondary N) is 1. The van der Waals surface area contributed by atoms with Crippen LogP contribution in [0.2, 0.25) is 0 Å². The van der Waals surface area contributed by atoms with E-state index in [1.165, 1.54) is 16.7 Å². The second kappa shape index (κ2) is 7.82. The highest BCUT2D eigenvalue weighted by Gasteiger charge is 2.18. The summed E-state index contributed by atoms with van der Waals surface area (Å²) in [7, 11) is 0. The van der Waals surface area contributed by atoms with E-state index < -0.39 is 34.7 Å². The number of hydrogen-bond donors (Lipinski definition) is 1. The second-order valence-electron chi connectivity index (χ2n) is 5.53. The lowest BCUT2D eigenvalue weighted by Gasteiger charge is -2.12. The van der Waals surface area contributed by atoms with Gasteiger partial charge in [0.15, 0.2) is 0 Å². The molecule has 1 N–H and O–H groups in total. The first-order valence-corrected chi connectivity index (χ1v) is 7.82. The van der Waals surface area contributed by atoms with Crippen LogP contribution in [0.25, 0.3) is 5.69 Å². The third-order valence-corrected chi connectivity index (χ3v) is 3.73. The van der Waals surface area contributed by atoms with Crippen LogP contribution in [0.4, 0.5) is 24.5 Å². The molecule has 144 valence electrons. The van der Waals surface area contributed by atoms with Crippen LogP contribution in [0.5, 0.6) is 5.75 Å². The van der Waals surface area contributed by atoms with Gasteiger partial charge in [0.2, 0.25) is 0 Å². The number of halogens is 3. The van der Waals surface area contributed by atoms with Gasteiger partial charge in [0.25, 0.3) is 11.6 Å². The van der Waals surface area contributed by atoms with Gasteiger partial charge in [0, 0.05) is 30.1 Å². The molecule has 0 unspecified atom stereocenters. The Hall–Kier alpha value is -3.82. The number of carbonyl (C=O) groups is 1. The van der Waals surface area contributed by atoms with Crippen molar-refractivity contribution in [3.63, 3.8) is 0 Å². The van der Waals surface area contributed by atoms with E-state index in [4.69, 9.17) is 0 Å². The number of nitrogens with zero attached hydrogens (tertiary/aromatic N) is 2. The standard InChI is InChI=1S/C18H12F3N3O4/c19-13-9-11(3-5-15(13)23-7-1-2-8-23)17(25)22-14-10-12(24(26)27)4-6-16(14)28-18(20)21/h1-10,18H,(H,22,25). The maximum absolute atomic E-state index is 14.3. The van der Waals surface area contributed by atoms with Crippen molar-refractivity contribution in [2.24, 2.45) is 0 Å². The van der Waals surface area contributed by atoms with Crippen molar-refractivity contribution < 1.29 is 27.6 Å². The summed E-state index contributed by atoms with van der Waals surface area (Å²) in [5, 5.41) is 13.1. The average molecular weight is 391 g/mol. The smallest absolute Gasteiger partial charge is 0.387 e. The molecule has 0 atom stereocenters. The number of anilines is 1. The van der Waals surface area contributed by atoms with E-state index >= 15 is 0 Å². The zero-order valence-electron chi connectivity index (χ0n) is 14.0. The summed E-state index contributed by atoms with van der Waals surface area (Å²) in [4.78, 5) is 22.5. The van der Waals surface area contributed by atoms with Crippen LogP contribution in [0, 0.1) is 15.9 Å². The molecule has 0 aliphatic rings. The molecule has 7 nitrogen and oxygen atoms in total. The third-order valence-electron chi connectivity index (χ3n) is 3.73. The summed E-state index contributed by atoms with van der Waals surface area (Å²) in [5.41, 5.74) is -0.679. The van der Waals surface area contributed by atoms with Gasteiger partial charge in [0.1, 0.15) is 11.6 Å². The number of aromatic nitrogens is 1. The second-order valence-corrected chi connectivity index (χ2v) is 5.53. The van der Waals surface area contributed by atoms with Crippen molar-refractivity contribution in [2.75, 3.05) is 5.32 Å². The minimum atomic E-state index is -3.20. The number of non-ortho nitro benzene ring substituents is 1. The van der Waals surface area contributed by atoms with Gasteiger partial charge < -0.3 is 14.6 Å². The maximum Gasteiger partial charge on any atom is 0.387 e. The molecule has 0 saturated carbocycles. The van der Waals surface area contributed by atoms with Gasteiger partial charge in [0.05, 0.1) is 16.3 Å². The molecule has 28 heavy (non-hydrogen) atoms. The van der Waals surface area contributed by atoms with Crippen LogP contribution < -0.4 is 10.1 Å². The van der Waals surface area contributed by atoms with E-state index in [0.29, 0.717) is 0 Å². The summed E-state index contributed by atoms with van der Waals surface area (Å²) >= 11 is 0. The molecule has 0 aliphatic carbocycles. The van der Waals surface area contributed by atoms with E-state index in [0.717, 1.165) is 24.3 Å². The molecule has 0 radical (unpaired) electrons. The third kappa shape index (κ3) is 4.11. The fourth-order valence-electron chi connectivity index (χ4n) is 2.48. The largest absolute Gasteiger partial charge is 0.433 e. The van der Waals surface area contributed by atoms with Gasteiger partial charge in [-0.05, 0) is 36.4 Å². The Morgan fingerprint density at radius 2 is 1.86 bits per heavy atom. The monoisotopic (exact) mass is 391 g/mol. The Bertz CT molecular complexity index is 1020. The fraction of sp³-hybridized carbons (Fsp3) is 0.0556. The average Bonchev–Trinajstić information content (AvgIpc) is 3.16. The molecule has 0 bridgehead atoms. The van der Waals surface area contributed by atoms with Crippen LogP contribution in [0.1, 0.15) is 10.4 Å². The molecular weight excluding hydrogens is 379 g/mol. The zero-order chi connectivity index (χ0) is 20.3. The first kappa shape index (κ1) is 19.0. The molecule has 0 aliphatic heterocycles. The summed E-state index contributed by atoms with van der Waals surface area (Å²) < 4.78 is 45.1. The Labute approximate surface area is 156 Å². The highest BCUT2D eigenvalue weighted by atomic mass is 19.3. The van der Waals surface area contributed by atoms with Crippen molar-refractivity contribution in [1.82, 2.24) is 4.57 Å². The molecule has 3 rings (SSSR count). The van der Waals surface area contributed by atoms with Crippen molar-refractivity contribution in [3.8, 4) is 11.4 Å². The first-order chi connectivity index (χ1) is 13.3. The SMILES string of the molecule is O=C(Nc1cc([N+](=O)[O-])ccc1OC(F)F)c1ccc(-n2cccc2)c(F)c1. The van der Waals surface area contributed by atoms with Crippen molar-refractivity contribution in [3.05, 3.63) is 82.4 Å². The number of benzene rings is 2. The molecule has 1 amide bonds. The molecule has 1 aromatic heterocycles. The molecular formula is C18H12F3N3O4. The highest BCUT2D eigenvalue weighted by Crippen LogP contribution is 2.31. The van der Waals surface area contributed by atoms with Crippen LogP contribution in [-0.4, -0.2) is 22.0 Å². The molecule has 3 aromatic rings.